The van der Waals surface area contributed by atoms with E-state index in [4.69, 9.17) is 27.5 Å². The van der Waals surface area contributed by atoms with Gasteiger partial charge in [0.2, 0.25) is 0 Å². The highest BCUT2D eigenvalue weighted by Crippen LogP contribution is 2.30. The standard InChI is InChI=1S/C16H11ClF4N2O4/c1-3-4-26-8-27-12-6-11(10(18)5-9(12)17)23-14(24)7-13(16(19,20)21)22(2)15(23)25/h1,5-7H,4,8H2,2H3. The Labute approximate surface area is 154 Å². The monoisotopic (exact) mass is 406 g/mol. The molecule has 0 amide bonds. The zero-order valence-corrected chi connectivity index (χ0v) is 14.4. The molecule has 0 aliphatic rings. The molecular weight excluding hydrogens is 396 g/mol. The van der Waals surface area contributed by atoms with Crippen LogP contribution in [0.4, 0.5) is 17.6 Å². The van der Waals surface area contributed by atoms with Gasteiger partial charge in [-0.05, 0) is 6.07 Å². The molecule has 0 N–H and O–H groups in total. The van der Waals surface area contributed by atoms with E-state index >= 15 is 0 Å². The summed E-state index contributed by atoms with van der Waals surface area (Å²) in [5, 5.41) is -0.211. The Kier molecular flexibility index (Phi) is 5.98. The van der Waals surface area contributed by atoms with Crippen LogP contribution in [0, 0.1) is 18.2 Å². The maximum absolute atomic E-state index is 14.3. The van der Waals surface area contributed by atoms with Gasteiger partial charge < -0.3 is 9.47 Å². The minimum absolute atomic E-state index is 0.0788. The van der Waals surface area contributed by atoms with Crippen molar-refractivity contribution in [3.05, 3.63) is 55.6 Å². The lowest BCUT2D eigenvalue weighted by Crippen LogP contribution is -2.41. The highest BCUT2D eigenvalue weighted by atomic mass is 35.5. The minimum Gasteiger partial charge on any atom is -0.466 e. The van der Waals surface area contributed by atoms with Crippen LogP contribution in [0.3, 0.4) is 0 Å². The summed E-state index contributed by atoms with van der Waals surface area (Å²) in [7, 11) is 0.806. The lowest BCUT2D eigenvalue weighted by atomic mass is 10.2. The second-order valence-electron chi connectivity index (χ2n) is 5.09. The Bertz CT molecular complexity index is 1020. The van der Waals surface area contributed by atoms with Gasteiger partial charge in [0, 0.05) is 19.2 Å². The quantitative estimate of drug-likeness (QED) is 0.331. The topological polar surface area (TPSA) is 62.5 Å². The average Bonchev–Trinajstić information content (AvgIpc) is 2.57. The van der Waals surface area contributed by atoms with Gasteiger partial charge in [-0.3, -0.25) is 9.36 Å². The van der Waals surface area contributed by atoms with Crippen LogP contribution in [0.15, 0.2) is 27.8 Å². The van der Waals surface area contributed by atoms with Gasteiger partial charge in [-0.1, -0.05) is 17.5 Å². The van der Waals surface area contributed by atoms with Crippen LogP contribution in [0.2, 0.25) is 5.02 Å². The van der Waals surface area contributed by atoms with Crippen molar-refractivity contribution < 1.29 is 27.0 Å². The fourth-order valence-electron chi connectivity index (χ4n) is 2.13. The molecule has 144 valence electrons. The molecule has 1 heterocycles. The van der Waals surface area contributed by atoms with E-state index in [0.717, 1.165) is 19.2 Å². The van der Waals surface area contributed by atoms with Gasteiger partial charge in [0.15, 0.2) is 6.79 Å². The lowest BCUT2D eigenvalue weighted by Gasteiger charge is -2.15. The SMILES string of the molecule is C#CCOCOc1cc(-n2c(=O)cc(C(F)(F)F)n(C)c2=O)c(F)cc1Cl. The maximum atomic E-state index is 14.3. The molecule has 2 aromatic rings. The number of ether oxygens (including phenoxy) is 2. The van der Waals surface area contributed by atoms with Crippen molar-refractivity contribution in [3.8, 4) is 23.8 Å². The van der Waals surface area contributed by atoms with Gasteiger partial charge in [0.25, 0.3) is 5.56 Å². The van der Waals surface area contributed by atoms with Crippen LogP contribution in [0.5, 0.6) is 5.75 Å². The summed E-state index contributed by atoms with van der Waals surface area (Å²) in [4.78, 5) is 24.3. The first-order valence-electron chi connectivity index (χ1n) is 7.11. The summed E-state index contributed by atoms with van der Waals surface area (Å²) in [5.74, 6) is 0.894. The number of terminal acetylenes is 1. The summed E-state index contributed by atoms with van der Waals surface area (Å²) in [6, 6.07) is 1.83. The van der Waals surface area contributed by atoms with Gasteiger partial charge in [-0.15, -0.1) is 6.42 Å². The zero-order chi connectivity index (χ0) is 20.4. The molecule has 0 bridgehead atoms. The van der Waals surface area contributed by atoms with Crippen molar-refractivity contribution >= 4 is 11.6 Å². The van der Waals surface area contributed by atoms with Crippen LogP contribution in [-0.4, -0.2) is 22.5 Å². The van der Waals surface area contributed by atoms with Gasteiger partial charge >= 0.3 is 11.9 Å². The van der Waals surface area contributed by atoms with E-state index < -0.39 is 34.6 Å². The summed E-state index contributed by atoms with van der Waals surface area (Å²) in [6.07, 6.45) is 0.0495. The highest BCUT2D eigenvalue weighted by Gasteiger charge is 2.35. The van der Waals surface area contributed by atoms with Crippen LogP contribution >= 0.6 is 11.6 Å². The molecule has 11 heteroatoms. The van der Waals surface area contributed by atoms with E-state index in [2.05, 4.69) is 5.92 Å². The summed E-state index contributed by atoms with van der Waals surface area (Å²) in [5.41, 5.74) is -4.88. The largest absolute Gasteiger partial charge is 0.466 e. The molecular formula is C16H11ClF4N2O4. The fourth-order valence-corrected chi connectivity index (χ4v) is 2.33. The third kappa shape index (κ3) is 4.32. The fraction of sp³-hybridized carbons (Fsp3) is 0.250. The Morgan fingerprint density at radius 1 is 1.26 bits per heavy atom. The number of rotatable bonds is 5. The second-order valence-corrected chi connectivity index (χ2v) is 5.50. The predicted molar refractivity (Wildman–Crippen MR) is 87.5 cm³/mol. The van der Waals surface area contributed by atoms with Crippen molar-refractivity contribution in [2.45, 2.75) is 6.18 Å². The number of alkyl halides is 3. The lowest BCUT2D eigenvalue weighted by molar-refractivity contribution is -0.144. The van der Waals surface area contributed by atoms with Crippen LogP contribution in [0.25, 0.3) is 5.69 Å². The number of hydrogen-bond acceptors (Lipinski definition) is 4. The molecule has 6 nitrogen and oxygen atoms in total. The predicted octanol–water partition coefficient (Wildman–Crippen LogP) is 2.33. The van der Waals surface area contributed by atoms with Crippen LogP contribution in [-0.2, 0) is 18.0 Å². The van der Waals surface area contributed by atoms with Gasteiger partial charge in [0.1, 0.15) is 23.9 Å². The molecule has 0 aliphatic carbocycles. The summed E-state index contributed by atoms with van der Waals surface area (Å²) < 4.78 is 63.3. The Hall–Kier alpha value is -2.77. The Balaban J connectivity index is 2.59. The van der Waals surface area contributed by atoms with Crippen molar-refractivity contribution in [2.24, 2.45) is 7.05 Å². The molecule has 0 saturated heterocycles. The molecule has 0 aliphatic heterocycles. The van der Waals surface area contributed by atoms with Gasteiger partial charge in [-0.2, -0.15) is 13.2 Å². The first-order chi connectivity index (χ1) is 12.6. The van der Waals surface area contributed by atoms with E-state index in [1.165, 1.54) is 0 Å². The summed E-state index contributed by atoms with van der Waals surface area (Å²) in [6.45, 7) is -0.445. The Morgan fingerprint density at radius 2 is 1.93 bits per heavy atom. The van der Waals surface area contributed by atoms with E-state index in [0.29, 0.717) is 0 Å². The van der Waals surface area contributed by atoms with E-state index in [9.17, 15) is 27.2 Å². The molecule has 0 spiro atoms. The van der Waals surface area contributed by atoms with Crippen molar-refractivity contribution in [2.75, 3.05) is 13.4 Å². The van der Waals surface area contributed by atoms with E-state index in [1.807, 2.05) is 0 Å². The van der Waals surface area contributed by atoms with Crippen molar-refractivity contribution in [1.29, 1.82) is 0 Å². The first kappa shape index (κ1) is 20.5. The molecule has 27 heavy (non-hydrogen) atoms. The summed E-state index contributed by atoms with van der Waals surface area (Å²) >= 11 is 5.82. The van der Waals surface area contributed by atoms with E-state index in [1.54, 1.807) is 0 Å². The van der Waals surface area contributed by atoms with Crippen molar-refractivity contribution in [1.82, 2.24) is 9.13 Å². The number of nitrogens with zero attached hydrogens (tertiary/aromatic N) is 2. The minimum atomic E-state index is -4.94. The van der Waals surface area contributed by atoms with Gasteiger partial charge in [0.05, 0.1) is 10.7 Å². The number of hydrogen-bond donors (Lipinski definition) is 0. The van der Waals surface area contributed by atoms with E-state index in [-0.39, 0.29) is 39.4 Å². The highest BCUT2D eigenvalue weighted by molar-refractivity contribution is 6.32. The van der Waals surface area contributed by atoms with Crippen LogP contribution in [0.1, 0.15) is 5.69 Å². The molecule has 0 atom stereocenters. The third-order valence-electron chi connectivity index (χ3n) is 3.34. The first-order valence-corrected chi connectivity index (χ1v) is 7.49. The second kappa shape index (κ2) is 7.85. The van der Waals surface area contributed by atoms with Gasteiger partial charge in [-0.25, -0.2) is 13.8 Å². The molecule has 0 saturated carbocycles. The molecule has 1 aromatic heterocycles. The average molecular weight is 407 g/mol. The third-order valence-corrected chi connectivity index (χ3v) is 3.63. The number of halogens is 5. The molecule has 0 radical (unpaired) electrons. The normalized spacial score (nSPS) is 11.3. The number of benzene rings is 1. The van der Waals surface area contributed by atoms with Crippen LogP contribution < -0.4 is 16.0 Å². The number of aromatic nitrogens is 2. The zero-order valence-electron chi connectivity index (χ0n) is 13.6. The molecule has 0 unspecified atom stereocenters. The molecule has 1 aromatic carbocycles. The smallest absolute Gasteiger partial charge is 0.431 e. The van der Waals surface area contributed by atoms with Crippen molar-refractivity contribution in [3.63, 3.8) is 0 Å². The molecule has 0 fully saturated rings. The molecule has 2 rings (SSSR count). The maximum Gasteiger partial charge on any atom is 0.431 e. The Morgan fingerprint density at radius 3 is 2.52 bits per heavy atom.